The van der Waals surface area contributed by atoms with Crippen LogP contribution in [-0.2, 0) is 0 Å². The first-order valence-corrected chi connectivity index (χ1v) is 3.49. The Morgan fingerprint density at radius 1 is 1.50 bits per heavy atom. The average Bonchev–Trinajstić information content (AvgIpc) is 2.04. The summed E-state index contributed by atoms with van der Waals surface area (Å²) in [5, 5.41) is 20.1. The molecular formula is C6H12N2O2. The normalized spacial score (nSPS) is 30.9. The van der Waals surface area contributed by atoms with Crippen molar-refractivity contribution in [1.29, 1.82) is 0 Å². The van der Waals surface area contributed by atoms with E-state index in [4.69, 9.17) is 10.4 Å². The van der Waals surface area contributed by atoms with Gasteiger partial charge < -0.3 is 10.4 Å². The largest absolute Gasteiger partial charge is 0.411 e. The van der Waals surface area contributed by atoms with E-state index in [0.717, 1.165) is 25.7 Å². The average molecular weight is 144 g/mol. The lowest BCUT2D eigenvalue weighted by molar-refractivity contribution is 0.139. The molecule has 1 atom stereocenters. The van der Waals surface area contributed by atoms with Crippen molar-refractivity contribution in [1.82, 2.24) is 5.48 Å². The maximum atomic E-state index is 8.55. The van der Waals surface area contributed by atoms with E-state index in [1.807, 2.05) is 0 Å². The molecule has 0 amide bonds. The van der Waals surface area contributed by atoms with Gasteiger partial charge in [-0.3, -0.25) is 0 Å². The van der Waals surface area contributed by atoms with Crippen LogP contribution in [-0.4, -0.2) is 22.2 Å². The Morgan fingerprint density at radius 2 is 2.30 bits per heavy atom. The highest BCUT2D eigenvalue weighted by Gasteiger charge is 2.19. The van der Waals surface area contributed by atoms with E-state index in [1.54, 1.807) is 0 Å². The van der Waals surface area contributed by atoms with Gasteiger partial charge in [0.1, 0.15) is 0 Å². The first kappa shape index (κ1) is 7.50. The van der Waals surface area contributed by atoms with Gasteiger partial charge in [-0.05, 0) is 19.3 Å². The van der Waals surface area contributed by atoms with Crippen molar-refractivity contribution in [2.45, 2.75) is 31.7 Å². The molecule has 0 unspecified atom stereocenters. The van der Waals surface area contributed by atoms with E-state index in [0.29, 0.717) is 5.71 Å². The molecule has 1 rings (SSSR count). The molecule has 0 aromatic carbocycles. The molecule has 0 heterocycles. The Hall–Kier alpha value is -0.610. The SMILES string of the molecule is O/N=C1\CCCC[C@@H]1NO. The zero-order valence-corrected chi connectivity index (χ0v) is 5.75. The van der Waals surface area contributed by atoms with Crippen molar-refractivity contribution in [2.24, 2.45) is 5.16 Å². The Balaban J connectivity index is 2.50. The van der Waals surface area contributed by atoms with Crippen LogP contribution in [0.5, 0.6) is 0 Å². The molecule has 0 radical (unpaired) electrons. The van der Waals surface area contributed by atoms with E-state index in [-0.39, 0.29) is 6.04 Å². The molecule has 0 aliphatic heterocycles. The summed E-state index contributed by atoms with van der Waals surface area (Å²) in [6.45, 7) is 0. The van der Waals surface area contributed by atoms with E-state index < -0.39 is 0 Å². The van der Waals surface area contributed by atoms with Crippen LogP contribution in [0.25, 0.3) is 0 Å². The number of nitrogens with zero attached hydrogens (tertiary/aromatic N) is 1. The van der Waals surface area contributed by atoms with Crippen molar-refractivity contribution in [3.8, 4) is 0 Å². The van der Waals surface area contributed by atoms with Crippen molar-refractivity contribution in [3.63, 3.8) is 0 Å². The Kier molecular flexibility index (Phi) is 2.65. The highest BCUT2D eigenvalue weighted by Crippen LogP contribution is 2.14. The highest BCUT2D eigenvalue weighted by molar-refractivity contribution is 5.89. The van der Waals surface area contributed by atoms with Crippen LogP contribution in [0, 0.1) is 0 Å². The van der Waals surface area contributed by atoms with Crippen LogP contribution in [0.2, 0.25) is 0 Å². The summed E-state index contributed by atoms with van der Waals surface area (Å²) in [6.07, 6.45) is 3.78. The zero-order chi connectivity index (χ0) is 7.40. The van der Waals surface area contributed by atoms with Gasteiger partial charge >= 0.3 is 0 Å². The lowest BCUT2D eigenvalue weighted by Gasteiger charge is -2.20. The molecule has 3 N–H and O–H groups in total. The summed E-state index contributed by atoms with van der Waals surface area (Å²) in [4.78, 5) is 0. The molecule has 58 valence electrons. The maximum Gasteiger partial charge on any atom is 0.0763 e. The van der Waals surface area contributed by atoms with Crippen LogP contribution >= 0.6 is 0 Å². The molecule has 0 aromatic rings. The number of oxime groups is 1. The van der Waals surface area contributed by atoms with Gasteiger partial charge in [-0.2, -0.15) is 5.48 Å². The van der Waals surface area contributed by atoms with Gasteiger partial charge in [-0.15, -0.1) is 0 Å². The molecule has 1 saturated carbocycles. The Morgan fingerprint density at radius 3 is 2.80 bits per heavy atom. The van der Waals surface area contributed by atoms with Gasteiger partial charge in [-0.25, -0.2) is 0 Å². The molecule has 10 heavy (non-hydrogen) atoms. The third-order valence-electron chi connectivity index (χ3n) is 1.86. The second-order valence-corrected chi connectivity index (χ2v) is 2.52. The second-order valence-electron chi connectivity index (χ2n) is 2.52. The predicted octanol–water partition coefficient (Wildman–Crippen LogP) is 0.738. The minimum absolute atomic E-state index is 0.126. The first-order valence-electron chi connectivity index (χ1n) is 3.49. The number of hydrogen-bond acceptors (Lipinski definition) is 4. The summed E-state index contributed by atoms with van der Waals surface area (Å²) >= 11 is 0. The quantitative estimate of drug-likeness (QED) is 0.375. The zero-order valence-electron chi connectivity index (χ0n) is 5.75. The fourth-order valence-electron chi connectivity index (χ4n) is 1.25. The fraction of sp³-hybridized carbons (Fsp3) is 0.833. The molecule has 0 aromatic heterocycles. The smallest absolute Gasteiger partial charge is 0.0763 e. The molecule has 1 aliphatic rings. The molecule has 4 nitrogen and oxygen atoms in total. The molecule has 1 fully saturated rings. The lowest BCUT2D eigenvalue weighted by atomic mass is 9.94. The van der Waals surface area contributed by atoms with E-state index in [1.165, 1.54) is 0 Å². The monoisotopic (exact) mass is 144 g/mol. The number of hydrogen-bond donors (Lipinski definition) is 3. The standard InChI is InChI=1S/C6H12N2O2/c9-7-5-3-1-2-4-6(5)8-10/h5,7,9-10H,1-4H2/b8-6+/t5-/m0/s1. The van der Waals surface area contributed by atoms with Crippen LogP contribution in [0.3, 0.4) is 0 Å². The van der Waals surface area contributed by atoms with E-state index in [9.17, 15) is 0 Å². The van der Waals surface area contributed by atoms with Gasteiger partial charge in [0.15, 0.2) is 0 Å². The third kappa shape index (κ3) is 1.46. The number of rotatable bonds is 1. The van der Waals surface area contributed by atoms with E-state index >= 15 is 0 Å². The number of hydroxylamine groups is 1. The summed E-state index contributed by atoms with van der Waals surface area (Å²) in [5.74, 6) is 0. The van der Waals surface area contributed by atoms with Gasteiger partial charge in [0.25, 0.3) is 0 Å². The van der Waals surface area contributed by atoms with Crippen LogP contribution < -0.4 is 5.48 Å². The number of nitrogens with one attached hydrogen (secondary N) is 1. The fourth-order valence-corrected chi connectivity index (χ4v) is 1.25. The predicted molar refractivity (Wildman–Crippen MR) is 36.4 cm³/mol. The van der Waals surface area contributed by atoms with Gasteiger partial charge in [0.2, 0.25) is 0 Å². The summed E-state index contributed by atoms with van der Waals surface area (Å²) in [7, 11) is 0. The van der Waals surface area contributed by atoms with Gasteiger partial charge in [-0.1, -0.05) is 11.6 Å². The molecule has 1 aliphatic carbocycles. The molecule has 0 bridgehead atoms. The maximum absolute atomic E-state index is 8.55. The minimum atomic E-state index is -0.126. The first-order chi connectivity index (χ1) is 4.88. The summed E-state index contributed by atoms with van der Waals surface area (Å²) in [5.41, 5.74) is 2.78. The highest BCUT2D eigenvalue weighted by atomic mass is 16.5. The minimum Gasteiger partial charge on any atom is -0.411 e. The van der Waals surface area contributed by atoms with E-state index in [2.05, 4.69) is 10.6 Å². The summed E-state index contributed by atoms with van der Waals surface area (Å²) < 4.78 is 0. The topological polar surface area (TPSA) is 64.9 Å². The Labute approximate surface area is 59.5 Å². The van der Waals surface area contributed by atoms with Crippen molar-refractivity contribution >= 4 is 5.71 Å². The van der Waals surface area contributed by atoms with Gasteiger partial charge in [0.05, 0.1) is 11.8 Å². The van der Waals surface area contributed by atoms with Crippen molar-refractivity contribution < 1.29 is 10.4 Å². The molecule has 0 spiro atoms. The third-order valence-corrected chi connectivity index (χ3v) is 1.86. The lowest BCUT2D eigenvalue weighted by Crippen LogP contribution is -2.36. The van der Waals surface area contributed by atoms with Crippen LogP contribution in [0.1, 0.15) is 25.7 Å². The Bertz CT molecular complexity index is 136. The molecular weight excluding hydrogens is 132 g/mol. The van der Waals surface area contributed by atoms with Crippen molar-refractivity contribution in [2.75, 3.05) is 0 Å². The summed E-state index contributed by atoms with van der Waals surface area (Å²) in [6, 6.07) is -0.126. The van der Waals surface area contributed by atoms with Crippen molar-refractivity contribution in [3.05, 3.63) is 0 Å². The van der Waals surface area contributed by atoms with Crippen LogP contribution in [0.15, 0.2) is 5.16 Å². The van der Waals surface area contributed by atoms with Crippen LogP contribution in [0.4, 0.5) is 0 Å². The van der Waals surface area contributed by atoms with Gasteiger partial charge in [0, 0.05) is 0 Å². The second kappa shape index (κ2) is 3.53. The molecule has 4 heteroatoms. The molecule has 0 saturated heterocycles.